The van der Waals surface area contributed by atoms with E-state index in [2.05, 4.69) is 5.32 Å². The molecule has 0 aromatic heterocycles. The number of halogens is 1. The van der Waals surface area contributed by atoms with Gasteiger partial charge in [0.2, 0.25) is 11.5 Å². The number of carbonyl (C=O) groups is 2. The van der Waals surface area contributed by atoms with Gasteiger partial charge >= 0.3 is 0 Å². The fourth-order valence-electron chi connectivity index (χ4n) is 6.03. The molecular weight excluding hydrogens is 362 g/mol. The third-order valence-electron chi connectivity index (χ3n) is 6.90. The van der Waals surface area contributed by atoms with Crippen molar-refractivity contribution in [3.05, 3.63) is 23.4 Å². The maximum absolute atomic E-state index is 13.2. The van der Waals surface area contributed by atoms with Crippen molar-refractivity contribution >= 4 is 23.2 Å². The van der Waals surface area contributed by atoms with E-state index >= 15 is 0 Å². The highest BCUT2D eigenvalue weighted by Gasteiger charge is 2.82. The molecule has 1 spiro atoms. The first-order chi connectivity index (χ1) is 12.4. The lowest BCUT2D eigenvalue weighted by atomic mass is 9.52. The molecule has 0 unspecified atom stereocenters. The fraction of sp³-hybridized carbons (Fsp3) is 0.667. The summed E-state index contributed by atoms with van der Waals surface area (Å²) in [6.07, 6.45) is 1.01. The first-order valence-electron chi connectivity index (χ1n) is 8.59. The third-order valence-corrected chi connectivity index (χ3v) is 7.40. The zero-order valence-electron chi connectivity index (χ0n) is 14.9. The molecule has 0 radical (unpaired) electrons. The second-order valence-corrected chi connectivity index (χ2v) is 7.92. The molecular formula is C18H22ClNO6. The van der Waals surface area contributed by atoms with Gasteiger partial charge in [0, 0.05) is 17.9 Å². The second-order valence-electron chi connectivity index (χ2n) is 7.39. The molecule has 4 aliphatic rings. The Balaban J connectivity index is 2.00. The van der Waals surface area contributed by atoms with Crippen LogP contribution in [0.4, 0.5) is 0 Å². The minimum atomic E-state index is -1.35. The Kier molecular flexibility index (Phi) is 3.75. The highest BCUT2D eigenvalue weighted by Crippen LogP contribution is 2.72. The van der Waals surface area contributed by atoms with Crippen molar-refractivity contribution < 1.29 is 28.9 Å². The molecule has 1 heterocycles. The van der Waals surface area contributed by atoms with Crippen LogP contribution in [0.1, 0.15) is 19.3 Å². The summed E-state index contributed by atoms with van der Waals surface area (Å²) >= 11 is 6.77. The number of hydrogen-bond donors (Lipinski definition) is 2. The number of alkyl halides is 1. The molecule has 4 rings (SSSR count). The summed E-state index contributed by atoms with van der Waals surface area (Å²) < 4.78 is 16.2. The minimum absolute atomic E-state index is 0.0485. The summed E-state index contributed by atoms with van der Waals surface area (Å²) in [7, 11) is 4.31. The summed E-state index contributed by atoms with van der Waals surface area (Å²) in [5, 5.41) is 13.8. The molecule has 1 aliphatic heterocycles. The van der Waals surface area contributed by atoms with Crippen LogP contribution in [0.25, 0.3) is 0 Å². The van der Waals surface area contributed by atoms with Crippen molar-refractivity contribution in [1.29, 1.82) is 0 Å². The number of carbonyl (C=O) groups excluding carboxylic acids is 2. The number of allylic oxidation sites excluding steroid dienone is 2. The predicted octanol–water partition coefficient (Wildman–Crippen LogP) is 0.653. The first-order valence-corrected chi connectivity index (χ1v) is 9.03. The molecule has 0 aromatic carbocycles. The lowest BCUT2D eigenvalue weighted by molar-refractivity contribution is -0.146. The Morgan fingerprint density at radius 3 is 2.54 bits per heavy atom. The van der Waals surface area contributed by atoms with Gasteiger partial charge in [0.25, 0.3) is 0 Å². The summed E-state index contributed by atoms with van der Waals surface area (Å²) in [4.78, 5) is 26.1. The quantitative estimate of drug-likeness (QED) is 0.691. The van der Waals surface area contributed by atoms with Crippen LogP contribution in [0, 0.1) is 10.8 Å². The Hall–Kier alpha value is -1.57. The fourth-order valence-corrected chi connectivity index (χ4v) is 6.70. The Bertz CT molecular complexity index is 763. The van der Waals surface area contributed by atoms with Crippen molar-refractivity contribution in [1.82, 2.24) is 5.32 Å². The van der Waals surface area contributed by atoms with E-state index in [-0.39, 0.29) is 29.5 Å². The van der Waals surface area contributed by atoms with E-state index in [1.165, 1.54) is 27.4 Å². The number of ketones is 2. The van der Waals surface area contributed by atoms with Crippen LogP contribution >= 0.6 is 11.6 Å². The third kappa shape index (κ3) is 1.59. The van der Waals surface area contributed by atoms with Crippen molar-refractivity contribution in [2.75, 3.05) is 27.9 Å². The number of hydrogen-bond acceptors (Lipinski definition) is 7. The second kappa shape index (κ2) is 5.47. The molecule has 7 nitrogen and oxygen atoms in total. The average molecular weight is 384 g/mol. The zero-order chi connectivity index (χ0) is 18.9. The molecule has 2 N–H and O–H groups in total. The highest BCUT2D eigenvalue weighted by atomic mass is 35.5. The molecule has 0 aromatic rings. The zero-order valence-corrected chi connectivity index (χ0v) is 15.7. The van der Waals surface area contributed by atoms with Gasteiger partial charge in [-0.3, -0.25) is 9.59 Å². The molecule has 3 aliphatic carbocycles. The monoisotopic (exact) mass is 383 g/mol. The Morgan fingerprint density at radius 2 is 1.96 bits per heavy atom. The van der Waals surface area contributed by atoms with E-state index in [1.807, 2.05) is 0 Å². The number of aliphatic hydroxyl groups excluding tert-OH is 1. The van der Waals surface area contributed by atoms with Gasteiger partial charge in [-0.2, -0.15) is 0 Å². The van der Waals surface area contributed by atoms with Crippen LogP contribution in [0.15, 0.2) is 23.4 Å². The molecule has 5 atom stereocenters. The number of rotatable bonds is 3. The number of ether oxygens (including phenoxy) is 3. The topological polar surface area (TPSA) is 94.1 Å². The maximum Gasteiger partial charge on any atom is 0.201 e. The van der Waals surface area contributed by atoms with Gasteiger partial charge in [-0.1, -0.05) is 0 Å². The van der Waals surface area contributed by atoms with Crippen molar-refractivity contribution in [3.8, 4) is 0 Å². The molecule has 8 heteroatoms. The molecule has 26 heavy (non-hydrogen) atoms. The van der Waals surface area contributed by atoms with Crippen LogP contribution in [0.2, 0.25) is 0 Å². The van der Waals surface area contributed by atoms with Gasteiger partial charge in [-0.05, 0) is 19.4 Å². The number of nitrogens with one attached hydrogen (secondary N) is 1. The van der Waals surface area contributed by atoms with Crippen molar-refractivity contribution in [2.45, 2.75) is 36.3 Å². The van der Waals surface area contributed by atoms with Crippen LogP contribution in [0.5, 0.6) is 0 Å². The Morgan fingerprint density at radius 1 is 1.23 bits per heavy atom. The summed E-state index contributed by atoms with van der Waals surface area (Å²) in [5.41, 5.74) is -3.10. The van der Waals surface area contributed by atoms with Crippen LogP contribution in [-0.4, -0.2) is 61.6 Å². The van der Waals surface area contributed by atoms with Gasteiger partial charge in [-0.25, -0.2) is 0 Å². The van der Waals surface area contributed by atoms with E-state index < -0.39 is 27.8 Å². The highest BCUT2D eigenvalue weighted by molar-refractivity contribution is 6.25. The average Bonchev–Trinajstić information content (AvgIpc) is 3.16. The molecule has 0 bridgehead atoms. The molecule has 0 amide bonds. The van der Waals surface area contributed by atoms with Gasteiger partial charge in [0.1, 0.15) is 11.9 Å². The van der Waals surface area contributed by atoms with E-state index in [0.29, 0.717) is 25.1 Å². The van der Waals surface area contributed by atoms with Crippen LogP contribution in [0.3, 0.4) is 0 Å². The van der Waals surface area contributed by atoms with Crippen LogP contribution in [-0.2, 0) is 23.8 Å². The lowest BCUT2D eigenvalue weighted by Crippen LogP contribution is -2.63. The summed E-state index contributed by atoms with van der Waals surface area (Å²) in [6, 6.07) is 0. The molecule has 2 fully saturated rings. The number of aliphatic hydroxyl groups is 1. The summed E-state index contributed by atoms with van der Waals surface area (Å²) in [5.74, 6) is 0.155. The van der Waals surface area contributed by atoms with Crippen molar-refractivity contribution in [3.63, 3.8) is 0 Å². The standard InChI is InChI=1S/C18H22ClNO6/c1-24-10-6-12(22)18(14(10)23)11(19)8-17-15(26-3)13(25-2)9(21)7-16(17,18)4-5-20-17/h6,11,14,20,23H,4-5,7-8H2,1-3H3/t11-,14-,16+,17+,18-/m0/s1. The van der Waals surface area contributed by atoms with E-state index in [4.69, 9.17) is 25.8 Å². The van der Waals surface area contributed by atoms with Gasteiger partial charge in [0.05, 0.1) is 37.7 Å². The van der Waals surface area contributed by atoms with Gasteiger partial charge in [0.15, 0.2) is 11.5 Å². The minimum Gasteiger partial charge on any atom is -0.498 e. The number of Topliss-reactive ketones (excluding diaryl/α,β-unsaturated/α-hetero) is 1. The van der Waals surface area contributed by atoms with Crippen molar-refractivity contribution in [2.24, 2.45) is 10.8 Å². The Labute approximate surface area is 156 Å². The van der Waals surface area contributed by atoms with E-state index in [1.54, 1.807) is 0 Å². The molecule has 1 saturated carbocycles. The van der Waals surface area contributed by atoms with E-state index in [0.717, 1.165) is 0 Å². The van der Waals surface area contributed by atoms with Gasteiger partial charge < -0.3 is 24.6 Å². The normalized spacial score (nSPS) is 44.3. The molecule has 1 saturated heterocycles. The number of methoxy groups -OCH3 is 3. The predicted molar refractivity (Wildman–Crippen MR) is 91.2 cm³/mol. The smallest absolute Gasteiger partial charge is 0.201 e. The maximum atomic E-state index is 13.2. The van der Waals surface area contributed by atoms with Crippen LogP contribution < -0.4 is 5.32 Å². The van der Waals surface area contributed by atoms with Gasteiger partial charge in [-0.15, -0.1) is 11.6 Å². The first kappa shape index (κ1) is 17.8. The largest absolute Gasteiger partial charge is 0.498 e. The lowest BCUT2D eigenvalue weighted by Gasteiger charge is -2.51. The summed E-state index contributed by atoms with van der Waals surface area (Å²) in [6.45, 7) is 0.574. The SMILES string of the molecule is COC1=CC(=O)[C@@]2([C@@H](Cl)C[C@]34NCC[C@]23CC(=O)C(OC)=C4OC)[C@H]1O. The van der Waals surface area contributed by atoms with E-state index in [9.17, 15) is 14.7 Å². The molecule has 142 valence electrons.